The topological polar surface area (TPSA) is 40.5 Å². The molecule has 1 aromatic carbocycles. The van der Waals surface area contributed by atoms with Gasteiger partial charge >= 0.3 is 0 Å². The Kier molecular flexibility index (Phi) is 3.53. The first kappa shape index (κ1) is 11.1. The van der Waals surface area contributed by atoms with E-state index >= 15 is 0 Å². The van der Waals surface area contributed by atoms with Crippen LogP contribution in [-0.2, 0) is 0 Å². The highest BCUT2D eigenvalue weighted by Gasteiger charge is 2.18. The highest BCUT2D eigenvalue weighted by atomic mass is 16.3. The normalized spacial score (nSPS) is 15.5. The van der Waals surface area contributed by atoms with Gasteiger partial charge in [-0.25, -0.2) is 0 Å². The second-order valence-electron chi connectivity index (χ2n) is 4.14. The molecule has 1 aromatic rings. The molecule has 0 amide bonds. The van der Waals surface area contributed by atoms with E-state index < -0.39 is 6.10 Å². The number of phenols is 1. The van der Waals surface area contributed by atoms with Crippen LogP contribution in [0.1, 0.15) is 32.4 Å². The molecule has 78 valence electrons. The lowest BCUT2D eigenvalue weighted by atomic mass is 9.88. The molecule has 2 nitrogen and oxygen atoms in total. The van der Waals surface area contributed by atoms with Gasteiger partial charge in [0, 0.05) is 0 Å². The van der Waals surface area contributed by atoms with Crippen LogP contribution in [0.3, 0.4) is 0 Å². The Balaban J connectivity index is 2.78. The first-order valence-electron chi connectivity index (χ1n) is 4.99. The molecule has 0 saturated heterocycles. The van der Waals surface area contributed by atoms with Crippen LogP contribution < -0.4 is 0 Å². The van der Waals surface area contributed by atoms with Crippen LogP contribution in [0.4, 0.5) is 0 Å². The molecule has 2 heteroatoms. The van der Waals surface area contributed by atoms with Crippen molar-refractivity contribution in [2.24, 2.45) is 11.8 Å². The number of hydrogen-bond acceptors (Lipinski definition) is 2. The Morgan fingerprint density at radius 1 is 1.00 bits per heavy atom. The molecule has 0 aromatic heterocycles. The fourth-order valence-corrected chi connectivity index (χ4v) is 1.34. The van der Waals surface area contributed by atoms with Crippen LogP contribution in [0.5, 0.6) is 5.75 Å². The number of aliphatic hydroxyl groups is 1. The van der Waals surface area contributed by atoms with Crippen molar-refractivity contribution in [1.82, 2.24) is 0 Å². The Bertz CT molecular complexity index is 277. The summed E-state index contributed by atoms with van der Waals surface area (Å²) < 4.78 is 0. The maximum absolute atomic E-state index is 9.97. The maximum atomic E-state index is 9.97. The zero-order valence-corrected chi connectivity index (χ0v) is 8.94. The van der Waals surface area contributed by atoms with Gasteiger partial charge in [-0.15, -0.1) is 0 Å². The van der Waals surface area contributed by atoms with Crippen LogP contribution in [0.15, 0.2) is 24.3 Å². The zero-order chi connectivity index (χ0) is 10.7. The minimum atomic E-state index is -0.449. The smallest absolute Gasteiger partial charge is 0.115 e. The minimum Gasteiger partial charge on any atom is -0.508 e. The van der Waals surface area contributed by atoms with Crippen LogP contribution >= 0.6 is 0 Å². The lowest BCUT2D eigenvalue weighted by molar-refractivity contribution is 0.0921. The van der Waals surface area contributed by atoms with Crippen molar-refractivity contribution >= 4 is 0 Å². The largest absolute Gasteiger partial charge is 0.508 e. The number of rotatable bonds is 3. The van der Waals surface area contributed by atoms with Gasteiger partial charge in [-0.1, -0.05) is 32.9 Å². The van der Waals surface area contributed by atoms with Gasteiger partial charge < -0.3 is 10.2 Å². The molecular weight excluding hydrogens is 176 g/mol. The summed E-state index contributed by atoms with van der Waals surface area (Å²) in [5, 5.41) is 19.1. The summed E-state index contributed by atoms with van der Waals surface area (Å²) in [6, 6.07) is 6.73. The maximum Gasteiger partial charge on any atom is 0.115 e. The van der Waals surface area contributed by atoms with Crippen molar-refractivity contribution in [3.8, 4) is 5.75 Å². The predicted octanol–water partition coefficient (Wildman–Crippen LogP) is 2.72. The third-order valence-electron chi connectivity index (χ3n) is 2.78. The number of hydrogen-bond donors (Lipinski definition) is 2. The van der Waals surface area contributed by atoms with Gasteiger partial charge in [-0.3, -0.25) is 0 Å². The Morgan fingerprint density at radius 2 is 1.50 bits per heavy atom. The third kappa shape index (κ3) is 2.48. The van der Waals surface area contributed by atoms with Crippen molar-refractivity contribution in [2.45, 2.75) is 26.9 Å². The van der Waals surface area contributed by atoms with E-state index in [-0.39, 0.29) is 11.7 Å². The molecule has 0 aliphatic carbocycles. The quantitative estimate of drug-likeness (QED) is 0.776. The van der Waals surface area contributed by atoms with Crippen molar-refractivity contribution in [2.75, 3.05) is 0 Å². The van der Waals surface area contributed by atoms with E-state index in [0.29, 0.717) is 5.92 Å². The first-order chi connectivity index (χ1) is 6.52. The fraction of sp³-hybridized carbons (Fsp3) is 0.500. The molecular formula is C12H18O2. The molecule has 1 rings (SSSR count). The highest BCUT2D eigenvalue weighted by molar-refractivity contribution is 5.27. The lowest BCUT2D eigenvalue weighted by Gasteiger charge is -2.22. The molecule has 0 aliphatic heterocycles. The molecule has 14 heavy (non-hydrogen) atoms. The van der Waals surface area contributed by atoms with Gasteiger partial charge in [0.15, 0.2) is 0 Å². The average Bonchev–Trinajstić information content (AvgIpc) is 2.16. The number of benzene rings is 1. The fourth-order valence-electron chi connectivity index (χ4n) is 1.34. The third-order valence-corrected chi connectivity index (χ3v) is 2.78. The van der Waals surface area contributed by atoms with Crippen LogP contribution in [-0.4, -0.2) is 10.2 Å². The van der Waals surface area contributed by atoms with Crippen LogP contribution in [0, 0.1) is 11.8 Å². The van der Waals surface area contributed by atoms with Crippen molar-refractivity contribution in [3.05, 3.63) is 29.8 Å². The number of aliphatic hydroxyl groups excluding tert-OH is 1. The predicted molar refractivity (Wildman–Crippen MR) is 57.1 cm³/mol. The van der Waals surface area contributed by atoms with Crippen molar-refractivity contribution < 1.29 is 10.2 Å². The molecule has 0 fully saturated rings. The first-order valence-corrected chi connectivity index (χ1v) is 4.99. The summed E-state index contributed by atoms with van der Waals surface area (Å²) in [5.74, 6) is 0.900. The molecule has 0 radical (unpaired) electrons. The number of phenolic OH excluding ortho intramolecular Hbond substituents is 1. The highest BCUT2D eigenvalue weighted by Crippen LogP contribution is 2.28. The monoisotopic (exact) mass is 194 g/mol. The summed E-state index contributed by atoms with van der Waals surface area (Å²) in [4.78, 5) is 0. The van der Waals surface area contributed by atoms with Gasteiger partial charge in [0.05, 0.1) is 6.10 Å². The molecule has 0 bridgehead atoms. The molecule has 0 aliphatic rings. The molecule has 2 atom stereocenters. The molecule has 0 unspecified atom stereocenters. The van der Waals surface area contributed by atoms with E-state index in [4.69, 9.17) is 5.11 Å². The molecule has 0 saturated carbocycles. The van der Waals surface area contributed by atoms with Gasteiger partial charge in [0.1, 0.15) is 5.75 Å². The van der Waals surface area contributed by atoms with E-state index in [1.54, 1.807) is 24.3 Å². The standard InChI is InChI=1S/C12H18O2/c1-8(2)9(3)12(14)10-4-6-11(13)7-5-10/h4-9,12-14H,1-3H3/t9-,12+/m1/s1. The SMILES string of the molecule is CC(C)[C@@H](C)[C@H](O)c1ccc(O)cc1. The summed E-state index contributed by atoms with van der Waals surface area (Å²) in [7, 11) is 0. The minimum absolute atomic E-state index is 0.222. The average molecular weight is 194 g/mol. The van der Waals surface area contributed by atoms with Crippen molar-refractivity contribution in [3.63, 3.8) is 0 Å². The summed E-state index contributed by atoms with van der Waals surface area (Å²) in [6.07, 6.45) is -0.449. The van der Waals surface area contributed by atoms with Gasteiger partial charge in [0.25, 0.3) is 0 Å². The summed E-state index contributed by atoms with van der Waals surface area (Å²) in [6.45, 7) is 6.21. The zero-order valence-electron chi connectivity index (χ0n) is 8.94. The molecule has 2 N–H and O–H groups in total. The van der Waals surface area contributed by atoms with Gasteiger partial charge in [-0.2, -0.15) is 0 Å². The van der Waals surface area contributed by atoms with E-state index in [1.165, 1.54) is 0 Å². The Morgan fingerprint density at radius 3 is 1.93 bits per heavy atom. The Hall–Kier alpha value is -1.02. The van der Waals surface area contributed by atoms with E-state index in [9.17, 15) is 5.11 Å². The lowest BCUT2D eigenvalue weighted by Crippen LogP contribution is -2.14. The van der Waals surface area contributed by atoms with Crippen molar-refractivity contribution in [1.29, 1.82) is 0 Å². The van der Waals surface area contributed by atoms with E-state index in [0.717, 1.165) is 5.56 Å². The van der Waals surface area contributed by atoms with Crippen LogP contribution in [0.25, 0.3) is 0 Å². The second-order valence-corrected chi connectivity index (χ2v) is 4.14. The number of aromatic hydroxyl groups is 1. The Labute approximate surface area is 85.2 Å². The summed E-state index contributed by atoms with van der Waals surface area (Å²) in [5.41, 5.74) is 0.865. The molecule has 0 spiro atoms. The molecule has 0 heterocycles. The van der Waals surface area contributed by atoms with Crippen LogP contribution in [0.2, 0.25) is 0 Å². The van der Waals surface area contributed by atoms with Gasteiger partial charge in [0.2, 0.25) is 0 Å². The van der Waals surface area contributed by atoms with E-state index in [1.807, 2.05) is 6.92 Å². The van der Waals surface area contributed by atoms with Gasteiger partial charge in [-0.05, 0) is 29.5 Å². The van der Waals surface area contributed by atoms with E-state index in [2.05, 4.69) is 13.8 Å². The second kappa shape index (κ2) is 4.47. The summed E-state index contributed by atoms with van der Waals surface area (Å²) >= 11 is 0.